The van der Waals surface area contributed by atoms with Gasteiger partial charge in [-0.25, -0.2) is 4.98 Å². The van der Waals surface area contributed by atoms with E-state index < -0.39 is 24.4 Å². The Balaban J connectivity index is 1.82. The Morgan fingerprint density at radius 2 is 1.73 bits per heavy atom. The van der Waals surface area contributed by atoms with Gasteiger partial charge in [-0.3, -0.25) is 0 Å². The molecule has 6 nitrogen and oxygen atoms in total. The molecule has 2 aromatic rings. The van der Waals surface area contributed by atoms with Gasteiger partial charge in [-0.05, 0) is 18.4 Å². The average Bonchev–Trinajstić information content (AvgIpc) is 2.96. The Kier molecular flexibility index (Phi) is 4.26. The number of aliphatic hydroxyl groups excluding tert-OH is 4. The Bertz CT molecular complexity index is 628. The van der Waals surface area contributed by atoms with E-state index in [1.807, 2.05) is 30.3 Å². The predicted octanol–water partition coefficient (Wildman–Crippen LogP) is -0.0295. The zero-order chi connectivity index (χ0) is 15.7. The Hall–Kier alpha value is -1.73. The van der Waals surface area contributed by atoms with Crippen LogP contribution in [0.5, 0.6) is 0 Å². The molecule has 1 aliphatic heterocycles. The first-order valence-corrected chi connectivity index (χ1v) is 7.38. The van der Waals surface area contributed by atoms with E-state index in [-0.39, 0.29) is 6.61 Å². The van der Waals surface area contributed by atoms with E-state index in [4.69, 9.17) is 0 Å². The number of hydrogen-bond donors (Lipinski definition) is 4. The number of aliphatic hydroxyl groups is 4. The van der Waals surface area contributed by atoms with Crippen molar-refractivity contribution in [1.82, 2.24) is 9.55 Å². The van der Waals surface area contributed by atoms with Crippen molar-refractivity contribution in [2.24, 2.45) is 0 Å². The molecule has 0 amide bonds. The van der Waals surface area contributed by atoms with E-state index in [2.05, 4.69) is 4.98 Å². The molecule has 0 saturated heterocycles. The van der Waals surface area contributed by atoms with Crippen LogP contribution in [0, 0.1) is 0 Å². The second kappa shape index (κ2) is 6.18. The van der Waals surface area contributed by atoms with Crippen LogP contribution in [0.3, 0.4) is 0 Å². The monoisotopic (exact) mass is 304 g/mol. The van der Waals surface area contributed by atoms with Crippen molar-refractivity contribution in [3.8, 4) is 0 Å². The molecule has 0 saturated carbocycles. The second-order valence-corrected chi connectivity index (χ2v) is 5.66. The molecule has 0 unspecified atom stereocenters. The minimum absolute atomic E-state index is 0.292. The largest absolute Gasteiger partial charge is 0.394 e. The summed E-state index contributed by atoms with van der Waals surface area (Å²) in [5.74, 6) is 0.292. The molecular weight excluding hydrogens is 284 g/mol. The molecule has 1 aliphatic rings. The van der Waals surface area contributed by atoms with Gasteiger partial charge in [0.15, 0.2) is 0 Å². The highest BCUT2D eigenvalue weighted by molar-refractivity contribution is 5.18. The molecule has 0 spiro atoms. The van der Waals surface area contributed by atoms with Gasteiger partial charge < -0.3 is 25.0 Å². The molecule has 0 bridgehead atoms. The molecule has 2 heterocycles. The second-order valence-electron chi connectivity index (χ2n) is 5.66. The van der Waals surface area contributed by atoms with Gasteiger partial charge in [0.1, 0.15) is 24.1 Å². The molecule has 1 aromatic heterocycles. The molecule has 4 N–H and O–H groups in total. The van der Waals surface area contributed by atoms with Gasteiger partial charge in [-0.1, -0.05) is 30.3 Å². The first kappa shape index (κ1) is 15.2. The molecule has 1 aromatic carbocycles. The lowest BCUT2D eigenvalue weighted by Crippen LogP contribution is -2.46. The van der Waals surface area contributed by atoms with Crippen LogP contribution >= 0.6 is 0 Å². The third kappa shape index (κ3) is 2.66. The summed E-state index contributed by atoms with van der Waals surface area (Å²) >= 11 is 0. The van der Waals surface area contributed by atoms with Gasteiger partial charge in [0.05, 0.1) is 18.3 Å². The molecule has 0 aliphatic carbocycles. The lowest BCUT2D eigenvalue weighted by Gasteiger charge is -2.35. The number of aryl methyl sites for hydroxylation is 2. The summed E-state index contributed by atoms with van der Waals surface area (Å²) in [6.07, 6.45) is -0.582. The molecular formula is C16H20N2O4. The van der Waals surface area contributed by atoms with Crippen molar-refractivity contribution in [3.05, 3.63) is 53.6 Å². The maximum Gasteiger partial charge on any atom is 0.141 e. The van der Waals surface area contributed by atoms with Crippen LogP contribution in [0.4, 0.5) is 0 Å². The number of imidazole rings is 1. The van der Waals surface area contributed by atoms with Crippen molar-refractivity contribution in [2.45, 2.75) is 37.2 Å². The normalized spacial score (nSPS) is 27.6. The van der Waals surface area contributed by atoms with E-state index in [0.29, 0.717) is 12.2 Å². The molecule has 22 heavy (non-hydrogen) atoms. The number of rotatable bonds is 4. The van der Waals surface area contributed by atoms with Crippen molar-refractivity contribution in [2.75, 3.05) is 6.61 Å². The third-order valence-corrected chi connectivity index (χ3v) is 4.20. The number of hydrogen-bond acceptors (Lipinski definition) is 5. The summed E-state index contributed by atoms with van der Waals surface area (Å²) in [4.78, 5) is 4.36. The van der Waals surface area contributed by atoms with Crippen molar-refractivity contribution in [1.29, 1.82) is 0 Å². The Morgan fingerprint density at radius 3 is 2.41 bits per heavy atom. The zero-order valence-corrected chi connectivity index (χ0v) is 12.1. The molecule has 6 heteroatoms. The van der Waals surface area contributed by atoms with Crippen LogP contribution < -0.4 is 0 Å². The highest BCUT2D eigenvalue weighted by atomic mass is 16.4. The minimum atomic E-state index is -1.34. The van der Waals surface area contributed by atoms with Crippen LogP contribution in [0.2, 0.25) is 0 Å². The van der Waals surface area contributed by atoms with Gasteiger partial charge in [-0.2, -0.15) is 0 Å². The quantitative estimate of drug-likeness (QED) is 0.636. The summed E-state index contributed by atoms with van der Waals surface area (Å²) in [5, 5.41) is 39.3. The zero-order valence-electron chi connectivity index (χ0n) is 12.1. The van der Waals surface area contributed by atoms with Crippen LogP contribution in [-0.4, -0.2) is 48.8 Å². The number of aromatic nitrogens is 2. The molecule has 4 atom stereocenters. The predicted molar refractivity (Wildman–Crippen MR) is 79.2 cm³/mol. The maximum atomic E-state index is 10.0. The van der Waals surface area contributed by atoms with Gasteiger partial charge in [0, 0.05) is 6.20 Å². The van der Waals surface area contributed by atoms with Crippen LogP contribution in [0.15, 0.2) is 36.5 Å². The lowest BCUT2D eigenvalue weighted by molar-refractivity contribution is -0.108. The number of benzene rings is 1. The summed E-state index contributed by atoms with van der Waals surface area (Å²) < 4.78 is 1.57. The van der Waals surface area contributed by atoms with Crippen molar-refractivity contribution >= 4 is 0 Å². The van der Waals surface area contributed by atoms with Gasteiger partial charge in [0.2, 0.25) is 0 Å². The highest BCUT2D eigenvalue weighted by Gasteiger charge is 2.41. The van der Waals surface area contributed by atoms with E-state index in [1.54, 1.807) is 10.8 Å². The SMILES string of the molecule is OC[C@@H]1[C@@H](O)[C@H](O)[C@H](O)c2nc(CCc3ccccc3)cn21. The van der Waals surface area contributed by atoms with Crippen molar-refractivity contribution in [3.63, 3.8) is 0 Å². The van der Waals surface area contributed by atoms with E-state index in [0.717, 1.165) is 12.1 Å². The maximum absolute atomic E-state index is 10.0. The number of fused-ring (bicyclic) bond motifs is 1. The summed E-state index contributed by atoms with van der Waals surface area (Å²) in [6, 6.07) is 9.30. The van der Waals surface area contributed by atoms with Crippen molar-refractivity contribution < 1.29 is 20.4 Å². The summed E-state index contributed by atoms with van der Waals surface area (Å²) in [6.45, 7) is -0.327. The third-order valence-electron chi connectivity index (χ3n) is 4.20. The Labute approximate surface area is 128 Å². The van der Waals surface area contributed by atoms with Gasteiger partial charge in [0.25, 0.3) is 0 Å². The van der Waals surface area contributed by atoms with Crippen LogP contribution in [0.25, 0.3) is 0 Å². The van der Waals surface area contributed by atoms with E-state index in [1.165, 1.54) is 5.56 Å². The highest BCUT2D eigenvalue weighted by Crippen LogP contribution is 2.32. The lowest BCUT2D eigenvalue weighted by atomic mass is 9.96. The topological polar surface area (TPSA) is 98.7 Å². The fourth-order valence-electron chi connectivity index (χ4n) is 2.91. The van der Waals surface area contributed by atoms with E-state index in [9.17, 15) is 20.4 Å². The number of nitrogens with zero attached hydrogens (tertiary/aromatic N) is 2. The van der Waals surface area contributed by atoms with Crippen LogP contribution in [0.1, 0.15) is 29.2 Å². The first-order chi connectivity index (χ1) is 10.6. The summed E-state index contributed by atoms with van der Waals surface area (Å²) in [5.41, 5.74) is 1.95. The van der Waals surface area contributed by atoms with Crippen LogP contribution in [-0.2, 0) is 12.8 Å². The summed E-state index contributed by atoms with van der Waals surface area (Å²) in [7, 11) is 0. The first-order valence-electron chi connectivity index (χ1n) is 7.38. The smallest absolute Gasteiger partial charge is 0.141 e. The fourth-order valence-corrected chi connectivity index (χ4v) is 2.91. The molecule has 118 valence electrons. The standard InChI is InChI=1S/C16H20N2O4/c19-9-12-13(20)14(21)15(22)16-17-11(8-18(12)16)7-6-10-4-2-1-3-5-10/h1-5,8,12-15,19-22H,6-7,9H2/t12-,13-,14+,15+/m1/s1. The van der Waals surface area contributed by atoms with Gasteiger partial charge >= 0.3 is 0 Å². The van der Waals surface area contributed by atoms with Gasteiger partial charge in [-0.15, -0.1) is 0 Å². The molecule has 3 rings (SSSR count). The minimum Gasteiger partial charge on any atom is -0.394 e. The molecule has 0 fully saturated rings. The fraction of sp³-hybridized carbons (Fsp3) is 0.438. The van der Waals surface area contributed by atoms with E-state index >= 15 is 0 Å². The Morgan fingerprint density at radius 1 is 1.00 bits per heavy atom. The molecule has 0 radical (unpaired) electrons. The average molecular weight is 304 g/mol.